The molecule has 2 N–H and O–H groups in total. The summed E-state index contributed by atoms with van der Waals surface area (Å²) in [5, 5.41) is 6.49. The molecule has 0 fully saturated rings. The zero-order valence-electron chi connectivity index (χ0n) is 13.0. The van der Waals surface area contributed by atoms with Gasteiger partial charge in [-0.15, -0.1) is 0 Å². The van der Waals surface area contributed by atoms with Gasteiger partial charge in [-0.25, -0.2) is 4.98 Å². The first kappa shape index (κ1) is 15.0. The molecule has 116 valence electrons. The molecule has 2 heterocycles. The summed E-state index contributed by atoms with van der Waals surface area (Å²) < 4.78 is 0. The Balaban J connectivity index is 1.64. The summed E-state index contributed by atoms with van der Waals surface area (Å²) in [4.78, 5) is 12.8. The van der Waals surface area contributed by atoms with Crippen LogP contribution in [0.15, 0.2) is 61.1 Å². The third kappa shape index (κ3) is 4.26. The Morgan fingerprint density at radius 2 is 1.83 bits per heavy atom. The van der Waals surface area contributed by atoms with Crippen molar-refractivity contribution in [2.75, 3.05) is 10.6 Å². The van der Waals surface area contributed by atoms with E-state index in [0.717, 1.165) is 23.5 Å². The molecule has 0 bridgehead atoms. The highest BCUT2D eigenvalue weighted by Gasteiger charge is 2.01. The minimum atomic E-state index is 0.574. The first-order valence-electron chi connectivity index (χ1n) is 7.65. The molecule has 2 aromatic heterocycles. The normalized spacial score (nSPS) is 10.3. The second-order valence-corrected chi connectivity index (χ2v) is 5.16. The molecule has 0 atom stereocenters. The van der Waals surface area contributed by atoms with E-state index in [-0.39, 0.29) is 0 Å². The summed E-state index contributed by atoms with van der Waals surface area (Å²) in [6, 6.07) is 14.1. The van der Waals surface area contributed by atoms with E-state index in [1.807, 2.05) is 36.5 Å². The summed E-state index contributed by atoms with van der Waals surface area (Å²) in [7, 11) is 0. The van der Waals surface area contributed by atoms with Crippen molar-refractivity contribution in [3.63, 3.8) is 0 Å². The van der Waals surface area contributed by atoms with Crippen LogP contribution in [0.25, 0.3) is 0 Å². The van der Waals surface area contributed by atoms with Crippen molar-refractivity contribution in [3.8, 4) is 0 Å². The standard InChI is InChI=1S/C18H19N5/c1-2-14-5-7-16(8-6-14)22-18-20-11-9-17(23-18)21-13-15-4-3-10-19-12-15/h3-12H,2,13H2,1H3,(H2,20,21,22,23). The van der Waals surface area contributed by atoms with Crippen LogP contribution < -0.4 is 10.6 Å². The fourth-order valence-corrected chi connectivity index (χ4v) is 2.17. The van der Waals surface area contributed by atoms with Crippen LogP contribution in [0.1, 0.15) is 18.1 Å². The minimum absolute atomic E-state index is 0.574. The molecule has 1 aromatic carbocycles. The summed E-state index contributed by atoms with van der Waals surface area (Å²) >= 11 is 0. The maximum absolute atomic E-state index is 4.47. The number of hydrogen-bond donors (Lipinski definition) is 2. The number of anilines is 3. The van der Waals surface area contributed by atoms with E-state index in [2.05, 4.69) is 44.6 Å². The Morgan fingerprint density at radius 3 is 2.57 bits per heavy atom. The number of nitrogens with one attached hydrogen (secondary N) is 2. The number of pyridine rings is 1. The molecule has 0 saturated carbocycles. The van der Waals surface area contributed by atoms with Crippen LogP contribution in [-0.4, -0.2) is 15.0 Å². The number of aryl methyl sites for hydroxylation is 1. The van der Waals surface area contributed by atoms with Crippen molar-refractivity contribution in [1.29, 1.82) is 0 Å². The highest BCUT2D eigenvalue weighted by Crippen LogP contribution is 2.15. The number of rotatable bonds is 6. The molecule has 0 unspecified atom stereocenters. The van der Waals surface area contributed by atoms with Crippen molar-refractivity contribution < 1.29 is 0 Å². The fraction of sp³-hybridized carbons (Fsp3) is 0.167. The summed E-state index contributed by atoms with van der Waals surface area (Å²) in [6.45, 7) is 2.82. The van der Waals surface area contributed by atoms with Crippen LogP contribution >= 0.6 is 0 Å². The van der Waals surface area contributed by atoms with Gasteiger partial charge in [-0.2, -0.15) is 4.98 Å². The smallest absolute Gasteiger partial charge is 0.229 e. The van der Waals surface area contributed by atoms with Gasteiger partial charge in [0.05, 0.1) is 0 Å². The molecule has 3 aromatic rings. The molecule has 0 aliphatic heterocycles. The average Bonchev–Trinajstić information content (AvgIpc) is 2.62. The Hall–Kier alpha value is -2.95. The molecule has 0 radical (unpaired) electrons. The van der Waals surface area contributed by atoms with E-state index in [0.29, 0.717) is 12.5 Å². The zero-order chi connectivity index (χ0) is 15.9. The van der Waals surface area contributed by atoms with Crippen molar-refractivity contribution in [3.05, 3.63) is 72.2 Å². The lowest BCUT2D eigenvalue weighted by Gasteiger charge is -2.08. The topological polar surface area (TPSA) is 62.7 Å². The van der Waals surface area contributed by atoms with Gasteiger partial charge in [-0.05, 0) is 41.8 Å². The molecular weight excluding hydrogens is 286 g/mol. The van der Waals surface area contributed by atoms with E-state index in [1.54, 1.807) is 12.4 Å². The maximum atomic E-state index is 4.47. The number of aromatic nitrogens is 3. The van der Waals surface area contributed by atoms with Gasteiger partial charge in [0.15, 0.2) is 0 Å². The largest absolute Gasteiger partial charge is 0.366 e. The molecule has 0 aliphatic rings. The molecular formula is C18H19N5. The molecule has 5 nitrogen and oxygen atoms in total. The van der Waals surface area contributed by atoms with Crippen molar-refractivity contribution in [2.24, 2.45) is 0 Å². The maximum Gasteiger partial charge on any atom is 0.229 e. The Morgan fingerprint density at radius 1 is 0.957 bits per heavy atom. The fourth-order valence-electron chi connectivity index (χ4n) is 2.17. The van der Waals surface area contributed by atoms with Gasteiger partial charge in [-0.1, -0.05) is 25.1 Å². The van der Waals surface area contributed by atoms with Crippen LogP contribution in [0, 0.1) is 0 Å². The third-order valence-corrected chi connectivity index (χ3v) is 3.47. The van der Waals surface area contributed by atoms with Gasteiger partial charge in [0, 0.05) is 30.8 Å². The lowest BCUT2D eigenvalue weighted by molar-refractivity contribution is 1.07. The van der Waals surface area contributed by atoms with E-state index in [4.69, 9.17) is 0 Å². The SMILES string of the molecule is CCc1ccc(Nc2nccc(NCc3cccnc3)n2)cc1. The molecule has 3 rings (SSSR count). The highest BCUT2D eigenvalue weighted by molar-refractivity contribution is 5.55. The van der Waals surface area contributed by atoms with Gasteiger partial charge in [-0.3, -0.25) is 4.98 Å². The molecule has 0 saturated heterocycles. The van der Waals surface area contributed by atoms with Crippen LogP contribution in [0.3, 0.4) is 0 Å². The summed E-state index contributed by atoms with van der Waals surface area (Å²) in [5.74, 6) is 1.35. The van der Waals surface area contributed by atoms with E-state index in [1.165, 1.54) is 5.56 Å². The second kappa shape index (κ2) is 7.35. The molecule has 0 amide bonds. The van der Waals surface area contributed by atoms with E-state index in [9.17, 15) is 0 Å². The monoisotopic (exact) mass is 305 g/mol. The molecule has 5 heteroatoms. The quantitative estimate of drug-likeness (QED) is 0.725. The summed E-state index contributed by atoms with van der Waals surface area (Å²) in [6.07, 6.45) is 6.37. The number of benzene rings is 1. The Labute approximate surface area is 135 Å². The average molecular weight is 305 g/mol. The van der Waals surface area contributed by atoms with Crippen LogP contribution in [-0.2, 0) is 13.0 Å². The molecule has 0 spiro atoms. The van der Waals surface area contributed by atoms with Crippen molar-refractivity contribution in [1.82, 2.24) is 15.0 Å². The van der Waals surface area contributed by atoms with Crippen LogP contribution in [0.4, 0.5) is 17.5 Å². The van der Waals surface area contributed by atoms with Gasteiger partial charge in [0.1, 0.15) is 5.82 Å². The Kier molecular flexibility index (Phi) is 4.79. The predicted octanol–water partition coefficient (Wildman–Crippen LogP) is 3.79. The van der Waals surface area contributed by atoms with Gasteiger partial charge in [0.2, 0.25) is 5.95 Å². The third-order valence-electron chi connectivity index (χ3n) is 3.47. The van der Waals surface area contributed by atoms with E-state index < -0.39 is 0 Å². The van der Waals surface area contributed by atoms with Crippen molar-refractivity contribution in [2.45, 2.75) is 19.9 Å². The van der Waals surface area contributed by atoms with Crippen molar-refractivity contribution >= 4 is 17.5 Å². The van der Waals surface area contributed by atoms with Crippen LogP contribution in [0.5, 0.6) is 0 Å². The number of hydrogen-bond acceptors (Lipinski definition) is 5. The summed E-state index contributed by atoms with van der Waals surface area (Å²) in [5.41, 5.74) is 3.39. The highest BCUT2D eigenvalue weighted by atomic mass is 15.1. The molecule has 23 heavy (non-hydrogen) atoms. The second-order valence-electron chi connectivity index (χ2n) is 5.16. The van der Waals surface area contributed by atoms with Gasteiger partial charge >= 0.3 is 0 Å². The minimum Gasteiger partial charge on any atom is -0.366 e. The number of nitrogens with zero attached hydrogens (tertiary/aromatic N) is 3. The Bertz CT molecular complexity index is 741. The lowest BCUT2D eigenvalue weighted by Crippen LogP contribution is -2.04. The van der Waals surface area contributed by atoms with Gasteiger partial charge < -0.3 is 10.6 Å². The van der Waals surface area contributed by atoms with Gasteiger partial charge in [0.25, 0.3) is 0 Å². The first-order chi connectivity index (χ1) is 11.3. The molecule has 0 aliphatic carbocycles. The van der Waals surface area contributed by atoms with Crippen LogP contribution in [0.2, 0.25) is 0 Å². The lowest BCUT2D eigenvalue weighted by atomic mass is 10.1. The van der Waals surface area contributed by atoms with E-state index >= 15 is 0 Å². The first-order valence-corrected chi connectivity index (χ1v) is 7.65. The predicted molar refractivity (Wildman–Crippen MR) is 92.7 cm³/mol. The zero-order valence-corrected chi connectivity index (χ0v) is 13.0.